The Hall–Kier alpha value is 6.30. The van der Waals surface area contributed by atoms with E-state index in [9.17, 15) is 0 Å². The summed E-state index contributed by atoms with van der Waals surface area (Å²) in [5, 5.41) is 0. The van der Waals surface area contributed by atoms with Gasteiger partial charge in [0.1, 0.15) is 0 Å². The third kappa shape index (κ3) is 10900. The minimum atomic E-state index is 0. The van der Waals surface area contributed by atoms with Gasteiger partial charge in [-0.2, -0.15) is 212 Å². The van der Waals surface area contributed by atoms with Crippen LogP contribution in [0.4, 0.5) is 0 Å². The summed E-state index contributed by atoms with van der Waals surface area (Å²) < 4.78 is 0. The second kappa shape index (κ2) is 762. The van der Waals surface area contributed by atoms with Crippen LogP contribution in [-0.4, -0.2) is 225 Å². The van der Waals surface area contributed by atoms with Crippen LogP contribution in [0.15, 0.2) is 0 Å². The lowest BCUT2D eigenvalue weighted by Gasteiger charge is -1.51. The Morgan fingerprint density at radius 2 is 0.0694 bits per heavy atom. The molecule has 0 aliphatic heterocycles. The molecule has 0 fully saturated rings. The van der Waals surface area contributed by atoms with E-state index in [2.05, 4.69) is 0 Å². The zero-order valence-electron chi connectivity index (χ0n) is 43.3. The Morgan fingerprint density at radius 3 is 0.0694 bits per heavy atom. The number of hydrogen-bond acceptors (Lipinski definition) is 18. The van der Waals surface area contributed by atoms with E-state index < -0.39 is 0 Å². The van der Waals surface area contributed by atoms with E-state index >= 15 is 0 Å². The fourth-order valence-corrected chi connectivity index (χ4v) is 0. The van der Waals surface area contributed by atoms with Crippen molar-refractivity contribution in [2.45, 2.75) is 134 Å². The summed E-state index contributed by atoms with van der Waals surface area (Å²) in [4.78, 5) is 0. The highest BCUT2D eigenvalue weighted by Crippen LogP contribution is 1.75. The van der Waals surface area contributed by atoms with Crippen molar-refractivity contribution in [3.8, 4) is 0 Å². The van der Waals surface area contributed by atoms with Gasteiger partial charge in [-0.05, 0) is 225 Å². The summed E-state index contributed by atoms with van der Waals surface area (Å²) in [6.07, 6.45) is 73.5. The van der Waals surface area contributed by atoms with E-state index in [0.29, 0.717) is 0 Å². The van der Waals surface area contributed by atoms with E-state index in [0.717, 1.165) is 0 Å². The summed E-state index contributed by atoms with van der Waals surface area (Å²) in [6.45, 7) is 0. The molecule has 0 rings (SSSR count). The van der Waals surface area contributed by atoms with Crippen LogP contribution in [-0.2, 0) is 0 Å². The first-order chi connectivity index (χ1) is 25.5. The molecule has 0 saturated heterocycles. The molecule has 0 radical (unpaired) electrons. The molecule has 0 aliphatic rings. The van der Waals surface area contributed by atoms with Crippen molar-refractivity contribution in [2.75, 3.05) is 225 Å². The molecule has 0 unspecified atom stereocenters. The first-order valence-electron chi connectivity index (χ1n) is 14.7. The van der Waals surface area contributed by atoms with Crippen molar-refractivity contribution in [3.05, 3.63) is 0 Å². The number of hydrogen-bond donors (Lipinski definition) is 0. The lowest BCUT2D eigenvalue weighted by atomic mass is 11.9. The number of thioether (sulfide) groups is 18. The summed E-state index contributed by atoms with van der Waals surface area (Å²) in [5.74, 6) is 0. The molecule has 0 spiro atoms. The zero-order valence-corrected chi connectivity index (χ0v) is 58.0. The van der Waals surface area contributed by atoms with Gasteiger partial charge in [-0.15, -0.1) is 0 Å². The van der Waals surface area contributed by atoms with Gasteiger partial charge in [-0.1, -0.05) is 134 Å². The Kier molecular flexibility index (Phi) is 2770. The van der Waals surface area contributed by atoms with Gasteiger partial charge in [0.25, 0.3) is 0 Å². The maximum atomic E-state index is 2.04. The first kappa shape index (κ1) is 261. The van der Waals surface area contributed by atoms with Gasteiger partial charge in [0.15, 0.2) is 0 Å². The summed E-state index contributed by atoms with van der Waals surface area (Å²) in [5.41, 5.74) is 0. The summed E-state index contributed by atoms with van der Waals surface area (Å²) in [6, 6.07) is 0. The highest BCUT2D eigenvalue weighted by molar-refractivity contribution is 8.00. The zero-order chi connectivity index (χ0) is 48.7. The minimum absolute atomic E-state index is 0. The third-order valence-electron chi connectivity index (χ3n) is 0. The molecule has 0 saturated carbocycles. The Labute approximate surface area is 564 Å². The van der Waals surface area contributed by atoms with E-state index in [4.69, 9.17) is 0 Å². The second-order valence-electron chi connectivity index (χ2n) is 7.35. The molecule has 0 N–H and O–H groups in total. The highest BCUT2D eigenvalue weighted by atomic mass is 32.2. The van der Waals surface area contributed by atoms with Crippen LogP contribution < -0.4 is 0 Å². The van der Waals surface area contributed by atoms with Crippen molar-refractivity contribution < 1.29 is 0 Å². The van der Waals surface area contributed by atoms with Crippen LogP contribution >= 0.6 is 212 Å². The van der Waals surface area contributed by atoms with E-state index in [1.54, 1.807) is 212 Å². The van der Waals surface area contributed by atoms with Gasteiger partial charge < -0.3 is 0 Å². The van der Waals surface area contributed by atoms with Crippen LogP contribution in [0, 0.1) is 0 Å². The predicted octanol–water partition coefficient (Wildman–Crippen LogP) is 29.1. The molecule has 0 aromatic rings. The van der Waals surface area contributed by atoms with Gasteiger partial charge >= 0.3 is 0 Å². The van der Waals surface area contributed by atoms with Gasteiger partial charge in [0, 0.05) is 0 Å². The van der Waals surface area contributed by atoms with Crippen molar-refractivity contribution in [1.82, 2.24) is 0 Å². The molecule has 0 bridgehead atoms. The lowest BCUT2D eigenvalue weighted by molar-refractivity contribution is 2.37. The van der Waals surface area contributed by atoms with Crippen molar-refractivity contribution >= 4 is 212 Å². The summed E-state index contributed by atoms with van der Waals surface area (Å²) >= 11 is 31.5. The van der Waals surface area contributed by atoms with Crippen molar-refractivity contribution in [1.29, 1.82) is 0 Å². The second-order valence-corrected chi connectivity index (χ2v) is 22.0. The van der Waals surface area contributed by atoms with E-state index in [-0.39, 0.29) is 134 Å². The third-order valence-corrected chi connectivity index (χ3v) is 0. The fourth-order valence-electron chi connectivity index (χ4n) is 0. The van der Waals surface area contributed by atoms with Gasteiger partial charge in [-0.3, -0.25) is 0 Å². The molecule has 0 aliphatic carbocycles. The molecule has 0 aromatic heterocycles. The maximum absolute atomic E-state index is 2.04. The van der Waals surface area contributed by atoms with Crippen LogP contribution in [0.25, 0.3) is 0 Å². The molecule has 0 atom stereocenters. The Morgan fingerprint density at radius 1 is 0.0694 bits per heavy atom. The van der Waals surface area contributed by atoms with Crippen LogP contribution in [0.3, 0.4) is 0 Å². The smallest absolute Gasteiger partial charge is 0.0187 e. The number of rotatable bonds is 0. The highest BCUT2D eigenvalue weighted by Gasteiger charge is 1.37. The molecule has 72 heavy (non-hydrogen) atoms. The van der Waals surface area contributed by atoms with Gasteiger partial charge in [-0.25, -0.2) is 0 Å². The molecular formula is C54H180S18. The predicted molar refractivity (Wildman–Crippen MR) is 471 cm³/mol. The van der Waals surface area contributed by atoms with Crippen LogP contribution in [0.2, 0.25) is 0 Å². The topological polar surface area (TPSA) is 0 Å². The quantitative estimate of drug-likeness (QED) is 0.226. The molecule has 0 aromatic carbocycles. The lowest BCUT2D eigenvalue weighted by Crippen LogP contribution is -1.25. The van der Waals surface area contributed by atoms with Gasteiger partial charge in [0.2, 0.25) is 0 Å². The van der Waals surface area contributed by atoms with Crippen molar-refractivity contribution in [3.63, 3.8) is 0 Å². The maximum Gasteiger partial charge on any atom is -0.0187 e. The molecule has 18 heteroatoms. The fraction of sp³-hybridized carbons (Fsp3) is 1.00. The Bertz CT molecular complexity index is 133. The van der Waals surface area contributed by atoms with Crippen LogP contribution in [0.1, 0.15) is 134 Å². The van der Waals surface area contributed by atoms with Gasteiger partial charge in [0.05, 0.1) is 0 Å². The molecule has 0 nitrogen and oxygen atoms in total. The molecule has 0 amide bonds. The normalized spacial score (nSPS) is 4.50. The molecule has 0 heterocycles. The SMILES string of the molecule is C.C.C.C.C.C.C.C.C.C.C.C.C.C.C.C.C.C.CSC.CSC.CSC.CSC.CSC.CSC.CSC.CSC.CSC.CSC.CSC.CSC.CSC.CSC.CSC.CSC.CSC.CSC. The minimum Gasteiger partial charge on any atom is -0.169 e. The van der Waals surface area contributed by atoms with E-state index in [1.807, 2.05) is 225 Å². The average Bonchev–Trinajstić information content (AvgIpc) is 3.04. The Balaban J connectivity index is -0.00000000552. The largest absolute Gasteiger partial charge is 0.169 e. The monoisotopic (exact) mass is 1400 g/mol. The van der Waals surface area contributed by atoms with Crippen LogP contribution in [0.5, 0.6) is 0 Å². The van der Waals surface area contributed by atoms with Crippen molar-refractivity contribution in [2.24, 2.45) is 0 Å². The average molecular weight is 1410 g/mol. The van der Waals surface area contributed by atoms with E-state index in [1.165, 1.54) is 0 Å². The molecular weight excluding hydrogens is 1230 g/mol. The first-order valence-corrected chi connectivity index (χ1v) is 44.1. The summed E-state index contributed by atoms with van der Waals surface area (Å²) in [7, 11) is 0. The molecule has 504 valence electrons. The standard InChI is InChI=1S/18C2H6S.18CH4/c18*1-3-2;;;;;;;;;;;;;;;;;;/h18*1-2H3;18*1H4.